The first kappa shape index (κ1) is 20.6. The van der Waals surface area contributed by atoms with Gasteiger partial charge in [-0.25, -0.2) is 9.67 Å². The summed E-state index contributed by atoms with van der Waals surface area (Å²) in [6, 6.07) is 12.6. The van der Waals surface area contributed by atoms with Crippen LogP contribution in [0, 0.1) is 0 Å². The molecule has 1 radical (unpaired) electrons. The van der Waals surface area contributed by atoms with Crippen LogP contribution >= 0.6 is 0 Å². The molecule has 1 aromatic carbocycles. The fraction of sp³-hybridized carbons (Fsp3) is 0.364. The minimum absolute atomic E-state index is 0.00844. The van der Waals surface area contributed by atoms with E-state index in [0.717, 1.165) is 41.6 Å². The van der Waals surface area contributed by atoms with Crippen LogP contribution in [0.25, 0.3) is 11.3 Å². The largest absolute Gasteiger partial charge is 0.487 e. The number of rotatable bonds is 9. The van der Waals surface area contributed by atoms with Crippen molar-refractivity contribution in [1.82, 2.24) is 14.8 Å². The standard InChI is InChI=1S/C22H26N3O4Si/c1-30(2)10-9-27-15-25-20(7-8-24-25)17-4-6-22(23-13-17)29-18-5-3-16-11-19(14-26)28-21(16)12-18/h3-8,12-13,19,26H,9-11,14-15H2,1-2H3. The van der Waals surface area contributed by atoms with Gasteiger partial charge in [0, 0.05) is 51.9 Å². The van der Waals surface area contributed by atoms with E-state index in [9.17, 15) is 5.11 Å². The molecule has 0 saturated heterocycles. The Labute approximate surface area is 177 Å². The topological polar surface area (TPSA) is 78.6 Å². The zero-order valence-electron chi connectivity index (χ0n) is 17.2. The van der Waals surface area contributed by atoms with Gasteiger partial charge < -0.3 is 19.3 Å². The summed E-state index contributed by atoms with van der Waals surface area (Å²) in [5, 5.41) is 13.6. The van der Waals surface area contributed by atoms with Crippen molar-refractivity contribution in [3.63, 3.8) is 0 Å². The van der Waals surface area contributed by atoms with E-state index < -0.39 is 0 Å². The van der Waals surface area contributed by atoms with Crippen LogP contribution in [0.2, 0.25) is 19.1 Å². The summed E-state index contributed by atoms with van der Waals surface area (Å²) in [6.07, 6.45) is 4.08. The molecule has 157 valence electrons. The quantitative estimate of drug-likeness (QED) is 0.416. The number of hydrogen-bond donors (Lipinski definition) is 1. The Morgan fingerprint density at radius 1 is 1.23 bits per heavy atom. The Morgan fingerprint density at radius 3 is 2.90 bits per heavy atom. The summed E-state index contributed by atoms with van der Waals surface area (Å²) in [5.41, 5.74) is 2.98. The average molecular weight is 425 g/mol. The summed E-state index contributed by atoms with van der Waals surface area (Å²) >= 11 is 0. The van der Waals surface area contributed by atoms with E-state index in [4.69, 9.17) is 14.2 Å². The van der Waals surface area contributed by atoms with Gasteiger partial charge in [0.25, 0.3) is 0 Å². The lowest BCUT2D eigenvalue weighted by Crippen LogP contribution is -2.17. The zero-order chi connectivity index (χ0) is 20.9. The molecule has 0 fully saturated rings. The first-order chi connectivity index (χ1) is 14.6. The highest BCUT2D eigenvalue weighted by molar-refractivity contribution is 6.55. The van der Waals surface area contributed by atoms with Crippen molar-refractivity contribution in [3.05, 3.63) is 54.4 Å². The van der Waals surface area contributed by atoms with Gasteiger partial charge in [-0.05, 0) is 29.8 Å². The van der Waals surface area contributed by atoms with Crippen LogP contribution < -0.4 is 9.47 Å². The number of aliphatic hydroxyl groups is 1. The molecule has 3 aromatic rings. The Balaban J connectivity index is 1.39. The van der Waals surface area contributed by atoms with E-state index in [-0.39, 0.29) is 21.5 Å². The molecule has 0 aliphatic carbocycles. The second kappa shape index (κ2) is 9.42. The van der Waals surface area contributed by atoms with E-state index in [0.29, 0.717) is 18.4 Å². The third kappa shape index (κ3) is 4.89. The Morgan fingerprint density at radius 2 is 2.13 bits per heavy atom. The summed E-state index contributed by atoms with van der Waals surface area (Å²) in [7, 11) is -0.272. The summed E-state index contributed by atoms with van der Waals surface area (Å²) in [6.45, 7) is 5.76. The van der Waals surface area contributed by atoms with Gasteiger partial charge in [-0.2, -0.15) is 5.10 Å². The van der Waals surface area contributed by atoms with Crippen LogP contribution in [-0.4, -0.2) is 48.0 Å². The Hall–Kier alpha value is -2.68. The molecule has 2 aromatic heterocycles. The van der Waals surface area contributed by atoms with Gasteiger partial charge in [0.05, 0.1) is 12.3 Å². The third-order valence-corrected chi connectivity index (χ3v) is 6.12. The van der Waals surface area contributed by atoms with Crippen molar-refractivity contribution >= 4 is 8.80 Å². The zero-order valence-corrected chi connectivity index (χ0v) is 18.2. The molecule has 4 rings (SSSR count). The van der Waals surface area contributed by atoms with Crippen LogP contribution in [0.1, 0.15) is 5.56 Å². The molecule has 0 saturated carbocycles. The molecule has 0 bridgehead atoms. The summed E-state index contributed by atoms with van der Waals surface area (Å²) in [4.78, 5) is 4.43. The maximum Gasteiger partial charge on any atom is 0.219 e. The van der Waals surface area contributed by atoms with Crippen molar-refractivity contribution in [2.45, 2.75) is 38.4 Å². The van der Waals surface area contributed by atoms with Gasteiger partial charge in [-0.1, -0.05) is 19.2 Å². The lowest BCUT2D eigenvalue weighted by molar-refractivity contribution is 0.0801. The van der Waals surface area contributed by atoms with E-state index in [1.54, 1.807) is 12.4 Å². The number of benzene rings is 1. The maximum absolute atomic E-state index is 9.27. The number of pyridine rings is 1. The van der Waals surface area contributed by atoms with Crippen LogP contribution in [-0.2, 0) is 17.9 Å². The monoisotopic (exact) mass is 424 g/mol. The van der Waals surface area contributed by atoms with Gasteiger partial charge in [-0.3, -0.25) is 0 Å². The molecule has 1 N–H and O–H groups in total. The number of aromatic nitrogens is 3. The molecule has 3 heterocycles. The summed E-state index contributed by atoms with van der Waals surface area (Å²) < 4.78 is 19.2. The van der Waals surface area contributed by atoms with Crippen LogP contribution in [0.5, 0.6) is 17.4 Å². The molecular weight excluding hydrogens is 398 g/mol. The minimum atomic E-state index is -0.272. The Kier molecular flexibility index (Phi) is 6.46. The molecular formula is C22H26N3O4Si. The molecule has 0 amide bonds. The second-order valence-corrected chi connectivity index (χ2v) is 10.5. The lowest BCUT2D eigenvalue weighted by atomic mass is 10.1. The number of aliphatic hydroxyl groups excluding tert-OH is 1. The first-order valence-corrected chi connectivity index (χ1v) is 12.8. The molecule has 1 aliphatic rings. The highest BCUT2D eigenvalue weighted by Crippen LogP contribution is 2.34. The predicted molar refractivity (Wildman–Crippen MR) is 115 cm³/mol. The van der Waals surface area contributed by atoms with Crippen LogP contribution in [0.4, 0.5) is 0 Å². The van der Waals surface area contributed by atoms with E-state index in [1.165, 1.54) is 0 Å². The first-order valence-electron chi connectivity index (χ1n) is 10.1. The molecule has 1 unspecified atom stereocenters. The SMILES string of the molecule is C[Si](C)CCOCn1nccc1-c1ccc(Oc2ccc3c(c2)OC(CO)C3)nc1. The maximum atomic E-state index is 9.27. The van der Waals surface area contributed by atoms with Crippen molar-refractivity contribution in [2.24, 2.45) is 0 Å². The highest BCUT2D eigenvalue weighted by atomic mass is 28.3. The van der Waals surface area contributed by atoms with Crippen molar-refractivity contribution in [1.29, 1.82) is 0 Å². The predicted octanol–water partition coefficient (Wildman–Crippen LogP) is 3.76. The van der Waals surface area contributed by atoms with Crippen LogP contribution in [0.3, 0.4) is 0 Å². The highest BCUT2D eigenvalue weighted by Gasteiger charge is 2.22. The van der Waals surface area contributed by atoms with E-state index in [2.05, 4.69) is 23.2 Å². The number of ether oxygens (including phenoxy) is 3. The average Bonchev–Trinajstić information content (AvgIpc) is 3.38. The van der Waals surface area contributed by atoms with Gasteiger partial charge in [0.1, 0.15) is 24.3 Å². The normalized spacial score (nSPS) is 15.3. The van der Waals surface area contributed by atoms with Crippen LogP contribution in [0.15, 0.2) is 48.8 Å². The minimum Gasteiger partial charge on any atom is -0.487 e. The van der Waals surface area contributed by atoms with Crippen molar-refractivity contribution in [2.75, 3.05) is 13.2 Å². The van der Waals surface area contributed by atoms with Gasteiger partial charge in [0.15, 0.2) is 0 Å². The van der Waals surface area contributed by atoms with Gasteiger partial charge >= 0.3 is 0 Å². The smallest absolute Gasteiger partial charge is 0.219 e. The molecule has 30 heavy (non-hydrogen) atoms. The molecule has 8 heteroatoms. The van der Waals surface area contributed by atoms with Crippen molar-refractivity contribution < 1.29 is 19.3 Å². The molecule has 1 aliphatic heterocycles. The van der Waals surface area contributed by atoms with Gasteiger partial charge in [0.2, 0.25) is 5.88 Å². The van der Waals surface area contributed by atoms with Crippen molar-refractivity contribution in [3.8, 4) is 28.6 Å². The molecule has 0 spiro atoms. The van der Waals surface area contributed by atoms with Gasteiger partial charge in [-0.15, -0.1) is 0 Å². The molecule has 1 atom stereocenters. The third-order valence-electron chi connectivity index (χ3n) is 4.91. The number of nitrogens with zero attached hydrogens (tertiary/aromatic N) is 3. The lowest BCUT2D eigenvalue weighted by Gasteiger charge is -2.10. The van der Waals surface area contributed by atoms with E-state index >= 15 is 0 Å². The number of fused-ring (bicyclic) bond motifs is 1. The number of hydrogen-bond acceptors (Lipinski definition) is 6. The summed E-state index contributed by atoms with van der Waals surface area (Å²) in [5.74, 6) is 1.91. The second-order valence-electron chi connectivity index (χ2n) is 7.59. The fourth-order valence-electron chi connectivity index (χ4n) is 3.27. The Bertz CT molecular complexity index is 975. The molecule has 7 nitrogen and oxygen atoms in total. The van der Waals surface area contributed by atoms with E-state index in [1.807, 2.05) is 41.1 Å². The fourth-order valence-corrected chi connectivity index (χ4v) is 3.82.